The molecule has 1 saturated heterocycles. The minimum atomic E-state index is -3.95. The van der Waals surface area contributed by atoms with E-state index in [1.54, 1.807) is 11.4 Å². The zero-order valence-electron chi connectivity index (χ0n) is 15.4. The van der Waals surface area contributed by atoms with E-state index in [9.17, 15) is 21.6 Å². The molecule has 0 spiro atoms. The van der Waals surface area contributed by atoms with E-state index in [0.717, 1.165) is 11.3 Å². The molecule has 0 saturated carbocycles. The highest BCUT2D eigenvalue weighted by atomic mass is 35.5. The monoisotopic (exact) mass is 478 g/mol. The van der Waals surface area contributed by atoms with Crippen LogP contribution in [-0.4, -0.2) is 53.4 Å². The first-order chi connectivity index (χ1) is 13.6. The number of rotatable bonds is 6. The van der Waals surface area contributed by atoms with Gasteiger partial charge in [-0.25, -0.2) is 26.4 Å². The third-order valence-corrected chi connectivity index (χ3v) is 9.80. The van der Waals surface area contributed by atoms with Crippen molar-refractivity contribution in [1.29, 1.82) is 0 Å². The summed E-state index contributed by atoms with van der Waals surface area (Å²) in [5.74, 6) is -0.667. The molecule has 1 aliphatic heterocycles. The number of carbonyl (C=O) groups excluding carboxylic acids is 1. The number of carbonyl (C=O) groups is 1. The summed E-state index contributed by atoms with van der Waals surface area (Å²) in [4.78, 5) is 11.5. The van der Waals surface area contributed by atoms with E-state index in [0.29, 0.717) is 12.8 Å². The van der Waals surface area contributed by atoms with E-state index in [2.05, 4.69) is 9.46 Å². The molecule has 2 heterocycles. The van der Waals surface area contributed by atoms with Crippen LogP contribution in [0.25, 0.3) is 0 Å². The van der Waals surface area contributed by atoms with Gasteiger partial charge in [0.2, 0.25) is 20.0 Å². The van der Waals surface area contributed by atoms with Crippen LogP contribution in [0.2, 0.25) is 5.02 Å². The van der Waals surface area contributed by atoms with E-state index in [1.807, 2.05) is 0 Å². The van der Waals surface area contributed by atoms with Crippen LogP contribution >= 0.6 is 22.9 Å². The highest BCUT2D eigenvalue weighted by Crippen LogP contribution is 2.28. The van der Waals surface area contributed by atoms with Crippen LogP contribution in [0.1, 0.15) is 23.2 Å². The predicted molar refractivity (Wildman–Crippen MR) is 109 cm³/mol. The lowest BCUT2D eigenvalue weighted by molar-refractivity contribution is 0.0600. The van der Waals surface area contributed by atoms with E-state index in [1.165, 1.54) is 35.7 Å². The van der Waals surface area contributed by atoms with Gasteiger partial charge >= 0.3 is 5.97 Å². The Balaban J connectivity index is 1.73. The van der Waals surface area contributed by atoms with E-state index in [4.69, 9.17) is 11.6 Å². The number of methoxy groups -OCH3 is 1. The molecule has 0 atom stereocenters. The second-order valence-electron chi connectivity index (χ2n) is 6.37. The number of halogens is 1. The van der Waals surface area contributed by atoms with E-state index < -0.39 is 26.0 Å². The predicted octanol–water partition coefficient (Wildman–Crippen LogP) is 2.32. The van der Waals surface area contributed by atoms with Gasteiger partial charge in [0.1, 0.15) is 9.10 Å². The van der Waals surface area contributed by atoms with Gasteiger partial charge in [-0.15, -0.1) is 11.3 Å². The van der Waals surface area contributed by atoms with Crippen molar-refractivity contribution in [2.24, 2.45) is 0 Å². The number of hydrogen-bond acceptors (Lipinski definition) is 7. The highest BCUT2D eigenvalue weighted by Gasteiger charge is 2.33. The lowest BCUT2D eigenvalue weighted by Gasteiger charge is -2.31. The third kappa shape index (κ3) is 4.81. The molecule has 0 radical (unpaired) electrons. The van der Waals surface area contributed by atoms with E-state index >= 15 is 0 Å². The molecule has 158 valence electrons. The Morgan fingerprint density at radius 2 is 1.90 bits per heavy atom. The van der Waals surface area contributed by atoms with Gasteiger partial charge in [0.25, 0.3) is 0 Å². The number of thiophene rings is 1. The molecular formula is C17H19ClN2O6S3. The maximum absolute atomic E-state index is 13.0. The fourth-order valence-corrected chi connectivity index (χ4v) is 7.28. The van der Waals surface area contributed by atoms with Gasteiger partial charge in [-0.3, -0.25) is 0 Å². The molecule has 0 amide bonds. The fraction of sp³-hybridized carbons (Fsp3) is 0.353. The van der Waals surface area contributed by atoms with Crippen molar-refractivity contribution in [2.75, 3.05) is 20.2 Å². The molecule has 29 heavy (non-hydrogen) atoms. The average Bonchev–Trinajstić information content (AvgIpc) is 3.23. The largest absolute Gasteiger partial charge is 0.465 e. The van der Waals surface area contributed by atoms with Gasteiger partial charge in [0, 0.05) is 19.1 Å². The average molecular weight is 479 g/mol. The van der Waals surface area contributed by atoms with Crippen LogP contribution in [-0.2, 0) is 24.8 Å². The molecule has 0 unspecified atom stereocenters. The molecule has 1 aromatic carbocycles. The zero-order chi connectivity index (χ0) is 21.2. The lowest BCUT2D eigenvalue weighted by Crippen LogP contribution is -2.46. The van der Waals surface area contributed by atoms with Gasteiger partial charge in [0.15, 0.2) is 0 Å². The van der Waals surface area contributed by atoms with Crippen molar-refractivity contribution < 1.29 is 26.4 Å². The second-order valence-corrected chi connectivity index (χ2v) is 11.6. The minimum Gasteiger partial charge on any atom is -0.465 e. The van der Waals surface area contributed by atoms with Crippen molar-refractivity contribution in [3.63, 3.8) is 0 Å². The molecule has 3 rings (SSSR count). The molecule has 1 aliphatic rings. The molecule has 1 fully saturated rings. The first-order valence-corrected chi connectivity index (χ1v) is 12.8. The van der Waals surface area contributed by atoms with Crippen LogP contribution < -0.4 is 4.72 Å². The summed E-state index contributed by atoms with van der Waals surface area (Å²) >= 11 is 7.19. The van der Waals surface area contributed by atoms with Crippen molar-refractivity contribution in [2.45, 2.75) is 28.0 Å². The number of nitrogens with one attached hydrogen (secondary N) is 1. The van der Waals surface area contributed by atoms with Crippen LogP contribution in [0.4, 0.5) is 0 Å². The van der Waals surface area contributed by atoms with Gasteiger partial charge in [-0.2, -0.15) is 4.31 Å². The summed E-state index contributed by atoms with van der Waals surface area (Å²) in [6.45, 7) is 0.248. The van der Waals surface area contributed by atoms with Crippen LogP contribution in [0, 0.1) is 0 Å². The molecule has 0 bridgehead atoms. The normalized spacial score (nSPS) is 16.6. The summed E-state index contributed by atoms with van der Waals surface area (Å²) in [6, 6.07) is 6.71. The fourth-order valence-electron chi connectivity index (χ4n) is 2.99. The number of piperidine rings is 1. The SMILES string of the molecule is COC(=O)c1ccc(Cl)c(S(=O)(=O)N2CCC(NS(=O)(=O)c3cccs3)CC2)c1. The van der Waals surface area contributed by atoms with Gasteiger partial charge in [-0.05, 0) is 42.5 Å². The van der Waals surface area contributed by atoms with Crippen molar-refractivity contribution in [1.82, 2.24) is 9.03 Å². The summed E-state index contributed by atoms with van der Waals surface area (Å²) in [6.07, 6.45) is 0.635. The Kier molecular flexibility index (Phi) is 6.66. The molecule has 12 heteroatoms. The summed E-state index contributed by atoms with van der Waals surface area (Å²) < 4.78 is 59.4. The molecule has 0 aliphatic carbocycles. The molecule has 2 aromatic rings. The Morgan fingerprint density at radius 1 is 1.21 bits per heavy atom. The Labute approximate surface area is 178 Å². The second kappa shape index (κ2) is 8.70. The minimum absolute atomic E-state index is 0.00169. The number of nitrogens with zero attached hydrogens (tertiary/aromatic N) is 1. The standard InChI is InChI=1S/C17H19ClN2O6S3/c1-26-17(21)12-4-5-14(18)15(11-12)29(24,25)20-8-6-13(7-9-20)19-28(22,23)16-3-2-10-27-16/h2-5,10-11,13,19H,6-9H2,1H3. The summed E-state index contributed by atoms with van der Waals surface area (Å²) in [7, 11) is -6.37. The summed E-state index contributed by atoms with van der Waals surface area (Å²) in [5, 5.41) is 1.67. The maximum atomic E-state index is 13.0. The number of esters is 1. The Hall–Kier alpha value is -1.50. The smallest absolute Gasteiger partial charge is 0.337 e. The highest BCUT2D eigenvalue weighted by molar-refractivity contribution is 7.91. The first-order valence-electron chi connectivity index (χ1n) is 8.59. The Bertz CT molecular complexity index is 1090. The van der Waals surface area contributed by atoms with Crippen LogP contribution in [0.5, 0.6) is 0 Å². The molecule has 8 nitrogen and oxygen atoms in total. The zero-order valence-corrected chi connectivity index (χ0v) is 18.6. The molecular weight excluding hydrogens is 460 g/mol. The van der Waals surface area contributed by atoms with E-state index in [-0.39, 0.29) is 38.8 Å². The number of benzene rings is 1. The van der Waals surface area contributed by atoms with Crippen molar-refractivity contribution in [3.8, 4) is 0 Å². The van der Waals surface area contributed by atoms with Gasteiger partial charge < -0.3 is 4.74 Å². The Morgan fingerprint density at radius 3 is 2.48 bits per heavy atom. The lowest BCUT2D eigenvalue weighted by atomic mass is 10.1. The first kappa shape index (κ1) is 22.2. The third-order valence-electron chi connectivity index (χ3n) is 4.51. The quantitative estimate of drug-likeness (QED) is 0.638. The van der Waals surface area contributed by atoms with Gasteiger partial charge in [0.05, 0.1) is 17.7 Å². The van der Waals surface area contributed by atoms with Crippen LogP contribution in [0.15, 0.2) is 44.8 Å². The van der Waals surface area contributed by atoms with Crippen molar-refractivity contribution in [3.05, 3.63) is 46.3 Å². The number of hydrogen-bond donors (Lipinski definition) is 1. The topological polar surface area (TPSA) is 110 Å². The molecule has 1 aromatic heterocycles. The summed E-state index contributed by atoms with van der Waals surface area (Å²) in [5.41, 5.74) is 0.0778. The van der Waals surface area contributed by atoms with Crippen molar-refractivity contribution >= 4 is 49.0 Å². The maximum Gasteiger partial charge on any atom is 0.337 e. The molecule has 1 N–H and O–H groups in total. The number of sulfonamides is 2. The number of ether oxygens (including phenoxy) is 1. The van der Waals surface area contributed by atoms with Gasteiger partial charge in [-0.1, -0.05) is 17.7 Å². The van der Waals surface area contributed by atoms with Crippen LogP contribution in [0.3, 0.4) is 0 Å².